The second-order valence-electron chi connectivity index (χ2n) is 7.03. The number of thioether (sulfide) groups is 1. The molecule has 3 rings (SSSR count). The highest BCUT2D eigenvalue weighted by Crippen LogP contribution is 2.40. The number of carbonyl (C=O) groups excluding carboxylic acids is 3. The molecule has 32 heavy (non-hydrogen) atoms. The molecular formula is C23H20ClN3O4S. The maximum absolute atomic E-state index is 12.8. The zero-order valence-corrected chi connectivity index (χ0v) is 18.9. The van der Waals surface area contributed by atoms with E-state index in [0.29, 0.717) is 16.3 Å². The van der Waals surface area contributed by atoms with Gasteiger partial charge in [-0.3, -0.25) is 14.4 Å². The number of para-hydroxylation sites is 1. The Bertz CT molecular complexity index is 1120. The van der Waals surface area contributed by atoms with Crippen LogP contribution in [0, 0.1) is 24.2 Å². The minimum atomic E-state index is -1.24. The van der Waals surface area contributed by atoms with Crippen molar-refractivity contribution in [3.8, 4) is 6.07 Å². The number of aryl methyl sites for hydroxylation is 1. The Hall–Kier alpha value is -3.28. The van der Waals surface area contributed by atoms with E-state index >= 15 is 0 Å². The average Bonchev–Trinajstić information content (AvgIpc) is 2.78. The molecule has 7 nitrogen and oxygen atoms in total. The molecule has 0 radical (unpaired) electrons. The minimum Gasteiger partial charge on any atom is -0.468 e. The second kappa shape index (κ2) is 10.4. The molecule has 0 aliphatic carbocycles. The molecule has 0 spiro atoms. The number of esters is 1. The first-order chi connectivity index (χ1) is 15.3. The number of benzene rings is 2. The molecule has 0 saturated heterocycles. The number of nitriles is 1. The van der Waals surface area contributed by atoms with Crippen molar-refractivity contribution < 1.29 is 19.1 Å². The van der Waals surface area contributed by atoms with Gasteiger partial charge in [-0.05, 0) is 36.2 Å². The van der Waals surface area contributed by atoms with Crippen molar-refractivity contribution in [3.63, 3.8) is 0 Å². The van der Waals surface area contributed by atoms with Gasteiger partial charge in [0, 0.05) is 16.6 Å². The normalized spacial score (nSPS) is 17.9. The molecule has 0 saturated carbocycles. The SMILES string of the molecule is COC(=O)[C@H]1C(=O)NC(SCC(=O)Nc2ccccc2C)=C(C#N)[C@@H]1c1ccc(Cl)cc1. The maximum atomic E-state index is 12.8. The molecule has 2 amide bonds. The van der Waals surface area contributed by atoms with Gasteiger partial charge in [0.25, 0.3) is 0 Å². The molecule has 1 aliphatic heterocycles. The van der Waals surface area contributed by atoms with Gasteiger partial charge in [0.15, 0.2) is 0 Å². The summed E-state index contributed by atoms with van der Waals surface area (Å²) < 4.78 is 4.81. The molecule has 2 N–H and O–H groups in total. The Morgan fingerprint density at radius 2 is 1.91 bits per heavy atom. The van der Waals surface area contributed by atoms with Gasteiger partial charge in [0.2, 0.25) is 11.8 Å². The maximum Gasteiger partial charge on any atom is 0.319 e. The van der Waals surface area contributed by atoms with Crippen molar-refractivity contribution in [1.82, 2.24) is 5.32 Å². The first-order valence-electron chi connectivity index (χ1n) is 9.62. The van der Waals surface area contributed by atoms with E-state index in [9.17, 15) is 19.6 Å². The predicted octanol–water partition coefficient (Wildman–Crippen LogP) is 3.76. The summed E-state index contributed by atoms with van der Waals surface area (Å²) in [4.78, 5) is 37.6. The number of nitrogens with zero attached hydrogens (tertiary/aromatic N) is 1. The third-order valence-electron chi connectivity index (χ3n) is 4.98. The number of nitrogens with one attached hydrogen (secondary N) is 2. The third kappa shape index (κ3) is 5.13. The summed E-state index contributed by atoms with van der Waals surface area (Å²) in [6, 6.07) is 16.0. The zero-order valence-electron chi connectivity index (χ0n) is 17.3. The fourth-order valence-corrected chi connectivity index (χ4v) is 4.36. The van der Waals surface area contributed by atoms with E-state index in [0.717, 1.165) is 17.3 Å². The lowest BCUT2D eigenvalue weighted by molar-refractivity contribution is -0.150. The van der Waals surface area contributed by atoms with Crippen LogP contribution in [0.15, 0.2) is 59.1 Å². The van der Waals surface area contributed by atoms with Crippen LogP contribution in [0.1, 0.15) is 17.0 Å². The Morgan fingerprint density at radius 3 is 2.53 bits per heavy atom. The molecule has 1 heterocycles. The van der Waals surface area contributed by atoms with Crippen molar-refractivity contribution in [2.24, 2.45) is 5.92 Å². The summed E-state index contributed by atoms with van der Waals surface area (Å²) in [5, 5.41) is 16.0. The van der Waals surface area contributed by atoms with Crippen molar-refractivity contribution in [2.45, 2.75) is 12.8 Å². The molecule has 9 heteroatoms. The number of ether oxygens (including phenoxy) is 1. The monoisotopic (exact) mass is 469 g/mol. The van der Waals surface area contributed by atoms with Crippen LogP contribution in [0.25, 0.3) is 0 Å². The Morgan fingerprint density at radius 1 is 1.22 bits per heavy atom. The number of hydrogen-bond donors (Lipinski definition) is 2. The van der Waals surface area contributed by atoms with Gasteiger partial charge in [-0.2, -0.15) is 5.26 Å². The third-order valence-corrected chi connectivity index (χ3v) is 6.25. The minimum absolute atomic E-state index is 0.0364. The van der Waals surface area contributed by atoms with E-state index < -0.39 is 23.7 Å². The molecule has 1 aliphatic rings. The predicted molar refractivity (Wildman–Crippen MR) is 123 cm³/mol. The van der Waals surface area contributed by atoms with Crippen molar-refractivity contribution in [3.05, 3.63) is 75.3 Å². The number of amides is 2. The molecule has 2 aromatic rings. The number of allylic oxidation sites excluding steroid dienone is 1. The average molecular weight is 470 g/mol. The number of anilines is 1. The van der Waals surface area contributed by atoms with E-state index in [-0.39, 0.29) is 22.3 Å². The highest BCUT2D eigenvalue weighted by molar-refractivity contribution is 8.03. The Labute approximate surface area is 194 Å². The number of hydrogen-bond acceptors (Lipinski definition) is 6. The van der Waals surface area contributed by atoms with Crippen molar-refractivity contribution in [1.29, 1.82) is 5.26 Å². The molecule has 0 aromatic heterocycles. The summed E-state index contributed by atoms with van der Waals surface area (Å²) in [5.74, 6) is -3.78. The highest BCUT2D eigenvalue weighted by Gasteiger charge is 2.44. The molecule has 164 valence electrons. The summed E-state index contributed by atoms with van der Waals surface area (Å²) in [6.07, 6.45) is 0. The van der Waals surface area contributed by atoms with Gasteiger partial charge in [0.1, 0.15) is 5.92 Å². The highest BCUT2D eigenvalue weighted by atomic mass is 35.5. The van der Waals surface area contributed by atoms with Crippen LogP contribution in [0.2, 0.25) is 5.02 Å². The molecule has 2 aromatic carbocycles. The molecule has 0 fully saturated rings. The molecular weight excluding hydrogens is 450 g/mol. The summed E-state index contributed by atoms with van der Waals surface area (Å²) in [5.41, 5.74) is 2.34. The van der Waals surface area contributed by atoms with Crippen LogP contribution < -0.4 is 10.6 Å². The fourth-order valence-electron chi connectivity index (χ4n) is 3.39. The first-order valence-corrected chi connectivity index (χ1v) is 11.0. The van der Waals surface area contributed by atoms with E-state index in [2.05, 4.69) is 16.7 Å². The van der Waals surface area contributed by atoms with Crippen LogP contribution >= 0.6 is 23.4 Å². The van der Waals surface area contributed by atoms with Gasteiger partial charge in [0.05, 0.1) is 29.5 Å². The van der Waals surface area contributed by atoms with Crippen molar-refractivity contribution in [2.75, 3.05) is 18.2 Å². The van der Waals surface area contributed by atoms with Crippen LogP contribution in [0.5, 0.6) is 0 Å². The van der Waals surface area contributed by atoms with Gasteiger partial charge in [-0.1, -0.05) is 53.7 Å². The van der Waals surface area contributed by atoms with Gasteiger partial charge in [-0.15, -0.1) is 0 Å². The van der Waals surface area contributed by atoms with E-state index in [1.165, 1.54) is 7.11 Å². The lowest BCUT2D eigenvalue weighted by Crippen LogP contribution is -2.44. The number of carbonyl (C=O) groups is 3. The Kier molecular flexibility index (Phi) is 7.57. The zero-order chi connectivity index (χ0) is 23.3. The van der Waals surface area contributed by atoms with Crippen LogP contribution in [-0.4, -0.2) is 30.6 Å². The smallest absolute Gasteiger partial charge is 0.319 e. The first kappa shape index (κ1) is 23.4. The fraction of sp³-hybridized carbons (Fsp3) is 0.217. The summed E-state index contributed by atoms with van der Waals surface area (Å²) >= 11 is 6.99. The standard InChI is InChI=1S/C23H20ClN3O4S/c1-13-5-3-4-6-17(13)26-18(28)12-32-22-16(11-25)19(14-7-9-15(24)10-8-14)20(21(29)27-22)23(30)31-2/h3-10,19-20H,12H2,1-2H3,(H,26,28)(H,27,29)/t19-,20+/m0/s1. The Balaban J connectivity index is 1.89. The van der Waals surface area contributed by atoms with Crippen molar-refractivity contribution >= 4 is 46.8 Å². The van der Waals surface area contributed by atoms with Crippen LogP contribution in [-0.2, 0) is 19.1 Å². The van der Waals surface area contributed by atoms with E-state index in [4.69, 9.17) is 16.3 Å². The van der Waals surface area contributed by atoms with Crippen LogP contribution in [0.4, 0.5) is 5.69 Å². The van der Waals surface area contributed by atoms with E-state index in [1.54, 1.807) is 30.3 Å². The summed E-state index contributed by atoms with van der Waals surface area (Å²) in [7, 11) is 1.18. The van der Waals surface area contributed by atoms with E-state index in [1.807, 2.05) is 25.1 Å². The molecule has 0 bridgehead atoms. The number of methoxy groups -OCH3 is 1. The van der Waals surface area contributed by atoms with Gasteiger partial charge in [-0.25, -0.2) is 0 Å². The molecule has 0 unspecified atom stereocenters. The quantitative estimate of drug-likeness (QED) is 0.492. The lowest BCUT2D eigenvalue weighted by atomic mass is 9.78. The lowest BCUT2D eigenvalue weighted by Gasteiger charge is -2.30. The van der Waals surface area contributed by atoms with Gasteiger partial charge < -0.3 is 15.4 Å². The topological polar surface area (TPSA) is 108 Å². The number of halogens is 1. The molecule has 2 atom stereocenters. The largest absolute Gasteiger partial charge is 0.468 e. The van der Waals surface area contributed by atoms with Gasteiger partial charge >= 0.3 is 5.97 Å². The second-order valence-corrected chi connectivity index (χ2v) is 8.45. The number of rotatable bonds is 6. The van der Waals surface area contributed by atoms with Crippen LogP contribution in [0.3, 0.4) is 0 Å². The summed E-state index contributed by atoms with van der Waals surface area (Å²) in [6.45, 7) is 1.88.